The van der Waals surface area contributed by atoms with Crippen LogP contribution >= 0.6 is 0 Å². The quantitative estimate of drug-likeness (QED) is 0.602. The van der Waals surface area contributed by atoms with Crippen molar-refractivity contribution in [1.82, 2.24) is 19.7 Å². The predicted molar refractivity (Wildman–Crippen MR) is 106 cm³/mol. The molecule has 0 aliphatic carbocycles. The third-order valence-corrected chi connectivity index (χ3v) is 4.46. The van der Waals surface area contributed by atoms with Gasteiger partial charge in [0.2, 0.25) is 0 Å². The number of imidazole rings is 1. The number of nitrogens with zero attached hydrogens (tertiary/aromatic N) is 3. The van der Waals surface area contributed by atoms with Gasteiger partial charge in [0.05, 0.1) is 12.2 Å². The molecule has 0 spiro atoms. The van der Waals surface area contributed by atoms with Gasteiger partial charge < -0.3 is 5.32 Å². The summed E-state index contributed by atoms with van der Waals surface area (Å²) in [4.78, 5) is 22.0. The maximum atomic E-state index is 13.1. The first-order chi connectivity index (χ1) is 13.1. The molecule has 1 amide bonds. The van der Waals surface area contributed by atoms with Crippen LogP contribution in [0, 0.1) is 13.8 Å². The lowest BCUT2D eigenvalue weighted by Gasteiger charge is -2.08. The molecule has 0 aliphatic heterocycles. The number of aromatic nitrogens is 3. The van der Waals surface area contributed by atoms with Crippen molar-refractivity contribution < 1.29 is 4.79 Å². The molecule has 0 unspecified atom stereocenters. The number of aryl methyl sites for hydroxylation is 2. The second-order valence-electron chi connectivity index (χ2n) is 6.61. The van der Waals surface area contributed by atoms with Crippen LogP contribution in [0.15, 0.2) is 67.0 Å². The number of carbonyl (C=O) groups is 1. The molecule has 5 nitrogen and oxygen atoms in total. The summed E-state index contributed by atoms with van der Waals surface area (Å²) in [6.07, 6.45) is 3.66. The van der Waals surface area contributed by atoms with Crippen LogP contribution < -0.4 is 5.32 Å². The minimum absolute atomic E-state index is 0.172. The summed E-state index contributed by atoms with van der Waals surface area (Å²) in [5.74, 6) is -0.172. The Bertz CT molecular complexity index is 1100. The molecule has 4 aromatic rings. The molecule has 0 fully saturated rings. The SMILES string of the molecule is Cc1ccc(-c2nc3ccc(C)cn3c2C(=O)NCc2ccccn2)cc1. The van der Waals surface area contributed by atoms with Crippen LogP contribution in [0.1, 0.15) is 27.3 Å². The molecule has 27 heavy (non-hydrogen) atoms. The monoisotopic (exact) mass is 356 g/mol. The summed E-state index contributed by atoms with van der Waals surface area (Å²) in [7, 11) is 0. The highest BCUT2D eigenvalue weighted by atomic mass is 16.1. The fourth-order valence-corrected chi connectivity index (χ4v) is 3.04. The maximum absolute atomic E-state index is 13.1. The van der Waals surface area contributed by atoms with Crippen molar-refractivity contribution in [3.05, 3.63) is 89.5 Å². The lowest BCUT2D eigenvalue weighted by atomic mass is 10.1. The van der Waals surface area contributed by atoms with Crippen molar-refractivity contribution in [3.63, 3.8) is 0 Å². The van der Waals surface area contributed by atoms with Crippen LogP contribution in [0.4, 0.5) is 0 Å². The molecule has 3 aromatic heterocycles. The molecule has 0 saturated carbocycles. The van der Waals surface area contributed by atoms with Crippen molar-refractivity contribution >= 4 is 11.6 Å². The molecule has 0 radical (unpaired) electrons. The first-order valence-electron chi connectivity index (χ1n) is 8.86. The second kappa shape index (κ2) is 7.03. The number of hydrogen-bond acceptors (Lipinski definition) is 3. The van der Waals surface area contributed by atoms with E-state index in [4.69, 9.17) is 4.98 Å². The van der Waals surface area contributed by atoms with E-state index in [9.17, 15) is 4.79 Å². The molecular weight excluding hydrogens is 336 g/mol. The van der Waals surface area contributed by atoms with E-state index < -0.39 is 0 Å². The molecule has 4 rings (SSSR count). The van der Waals surface area contributed by atoms with Crippen molar-refractivity contribution in [3.8, 4) is 11.3 Å². The minimum atomic E-state index is -0.172. The standard InChI is InChI=1S/C22H20N4O/c1-15-6-9-17(10-7-15)20-21(26-14-16(2)8-11-19(26)25-20)22(27)24-13-18-5-3-4-12-23-18/h3-12,14H,13H2,1-2H3,(H,24,27). The molecular formula is C22H20N4O. The van der Waals surface area contributed by atoms with E-state index in [0.29, 0.717) is 17.9 Å². The van der Waals surface area contributed by atoms with E-state index in [1.165, 1.54) is 5.56 Å². The zero-order chi connectivity index (χ0) is 18.8. The Morgan fingerprint density at radius 2 is 1.78 bits per heavy atom. The predicted octanol–water partition coefficient (Wildman–Crippen LogP) is 3.94. The Labute approximate surface area is 157 Å². The summed E-state index contributed by atoms with van der Waals surface area (Å²) in [5, 5.41) is 2.97. The zero-order valence-corrected chi connectivity index (χ0v) is 15.3. The summed E-state index contributed by atoms with van der Waals surface area (Å²) < 4.78 is 1.86. The van der Waals surface area contributed by atoms with Gasteiger partial charge in [0.1, 0.15) is 17.0 Å². The number of benzene rings is 1. The van der Waals surface area contributed by atoms with Gasteiger partial charge in [0.15, 0.2) is 0 Å². The van der Waals surface area contributed by atoms with Crippen LogP contribution in [0.2, 0.25) is 0 Å². The van der Waals surface area contributed by atoms with Crippen molar-refractivity contribution in [1.29, 1.82) is 0 Å². The molecule has 0 saturated heterocycles. The summed E-state index contributed by atoms with van der Waals surface area (Å²) >= 11 is 0. The molecule has 1 N–H and O–H groups in total. The Hall–Kier alpha value is -3.47. The largest absolute Gasteiger partial charge is 0.345 e. The second-order valence-corrected chi connectivity index (χ2v) is 6.61. The first kappa shape index (κ1) is 17.0. The van der Waals surface area contributed by atoms with Gasteiger partial charge in [-0.1, -0.05) is 42.0 Å². The maximum Gasteiger partial charge on any atom is 0.270 e. The minimum Gasteiger partial charge on any atom is -0.345 e. The third-order valence-electron chi connectivity index (χ3n) is 4.46. The average Bonchev–Trinajstić information content (AvgIpc) is 3.06. The van der Waals surface area contributed by atoms with Gasteiger partial charge in [0, 0.05) is 18.0 Å². The molecule has 0 atom stereocenters. The number of fused-ring (bicyclic) bond motifs is 1. The topological polar surface area (TPSA) is 59.3 Å². The highest BCUT2D eigenvalue weighted by Gasteiger charge is 2.20. The Morgan fingerprint density at radius 1 is 1.00 bits per heavy atom. The van der Waals surface area contributed by atoms with Gasteiger partial charge in [-0.3, -0.25) is 14.2 Å². The molecule has 0 bridgehead atoms. The highest BCUT2D eigenvalue weighted by Crippen LogP contribution is 2.25. The summed E-state index contributed by atoms with van der Waals surface area (Å²) in [6, 6.07) is 17.6. The average molecular weight is 356 g/mol. The fourth-order valence-electron chi connectivity index (χ4n) is 3.04. The fraction of sp³-hybridized carbons (Fsp3) is 0.136. The van der Waals surface area contributed by atoms with E-state index in [2.05, 4.69) is 10.3 Å². The lowest BCUT2D eigenvalue weighted by Crippen LogP contribution is -2.25. The van der Waals surface area contributed by atoms with E-state index in [-0.39, 0.29) is 5.91 Å². The molecule has 5 heteroatoms. The van der Waals surface area contributed by atoms with E-state index in [0.717, 1.165) is 22.5 Å². The highest BCUT2D eigenvalue weighted by molar-refractivity contribution is 5.99. The number of hydrogen-bond donors (Lipinski definition) is 1. The lowest BCUT2D eigenvalue weighted by molar-refractivity contribution is 0.0945. The van der Waals surface area contributed by atoms with Crippen molar-refractivity contribution in [2.75, 3.05) is 0 Å². The first-order valence-corrected chi connectivity index (χ1v) is 8.86. The van der Waals surface area contributed by atoms with Gasteiger partial charge in [-0.05, 0) is 37.6 Å². The smallest absolute Gasteiger partial charge is 0.270 e. The molecule has 3 heterocycles. The van der Waals surface area contributed by atoms with E-state index >= 15 is 0 Å². The zero-order valence-electron chi connectivity index (χ0n) is 15.3. The van der Waals surface area contributed by atoms with Gasteiger partial charge in [0.25, 0.3) is 5.91 Å². The Kier molecular flexibility index (Phi) is 4.42. The van der Waals surface area contributed by atoms with Crippen LogP contribution in [0.25, 0.3) is 16.9 Å². The van der Waals surface area contributed by atoms with Gasteiger partial charge >= 0.3 is 0 Å². The van der Waals surface area contributed by atoms with E-state index in [1.807, 2.05) is 79.0 Å². The summed E-state index contributed by atoms with van der Waals surface area (Å²) in [5.41, 5.74) is 5.93. The number of rotatable bonds is 4. The van der Waals surface area contributed by atoms with Crippen molar-refractivity contribution in [2.45, 2.75) is 20.4 Å². The van der Waals surface area contributed by atoms with Crippen LogP contribution in [0.5, 0.6) is 0 Å². The van der Waals surface area contributed by atoms with Crippen LogP contribution in [-0.2, 0) is 6.54 Å². The van der Waals surface area contributed by atoms with E-state index in [1.54, 1.807) is 6.20 Å². The summed E-state index contributed by atoms with van der Waals surface area (Å²) in [6.45, 7) is 4.41. The van der Waals surface area contributed by atoms with Gasteiger partial charge in [-0.15, -0.1) is 0 Å². The van der Waals surface area contributed by atoms with Gasteiger partial charge in [-0.25, -0.2) is 4.98 Å². The number of amides is 1. The Morgan fingerprint density at radius 3 is 2.52 bits per heavy atom. The number of pyridine rings is 2. The molecule has 0 aliphatic rings. The third kappa shape index (κ3) is 3.44. The van der Waals surface area contributed by atoms with Crippen LogP contribution in [0.3, 0.4) is 0 Å². The molecule has 134 valence electrons. The Balaban J connectivity index is 1.76. The number of carbonyl (C=O) groups excluding carboxylic acids is 1. The molecule has 1 aromatic carbocycles. The van der Waals surface area contributed by atoms with Gasteiger partial charge in [-0.2, -0.15) is 0 Å². The normalized spacial score (nSPS) is 10.9. The van der Waals surface area contributed by atoms with Crippen LogP contribution in [-0.4, -0.2) is 20.3 Å². The number of nitrogens with one attached hydrogen (secondary N) is 1. The van der Waals surface area contributed by atoms with Crippen molar-refractivity contribution in [2.24, 2.45) is 0 Å².